The van der Waals surface area contributed by atoms with Crippen LogP contribution in [0.2, 0.25) is 0 Å². The van der Waals surface area contributed by atoms with Crippen molar-refractivity contribution in [3.05, 3.63) is 59.9 Å². The van der Waals surface area contributed by atoms with Crippen LogP contribution in [0.15, 0.2) is 48.8 Å². The summed E-state index contributed by atoms with van der Waals surface area (Å²) in [6.45, 7) is 0.896. The molecule has 2 aromatic rings. The molecule has 2 heterocycles. The zero-order valence-electron chi connectivity index (χ0n) is 16.6. The Bertz CT molecular complexity index is 828. The smallest absolute Gasteiger partial charge is 0.253 e. The molecule has 1 aliphatic rings. The third-order valence-electron chi connectivity index (χ3n) is 5.36. The minimum Gasteiger partial charge on any atom is -0.496 e. The number of para-hydroxylation sites is 1. The fourth-order valence-electron chi connectivity index (χ4n) is 3.69. The van der Waals surface area contributed by atoms with E-state index in [1.54, 1.807) is 30.3 Å². The number of carbonyl (C=O) groups excluding carboxylic acids is 2. The van der Waals surface area contributed by atoms with Gasteiger partial charge in [0.2, 0.25) is 5.91 Å². The summed E-state index contributed by atoms with van der Waals surface area (Å²) in [5.41, 5.74) is 1.49. The first kappa shape index (κ1) is 20.8. The second-order valence-electron chi connectivity index (χ2n) is 7.20. The van der Waals surface area contributed by atoms with E-state index in [1.807, 2.05) is 24.3 Å². The number of aromatic nitrogens is 1. The SMILES string of the molecule is COc1ccccc1CCC(=O)N1CC[C@@H](NC(=O)c2cccnc2)[C@@H](CO)C1. The normalized spacial score (nSPS) is 18.9. The van der Waals surface area contributed by atoms with Crippen LogP contribution in [0, 0.1) is 5.92 Å². The van der Waals surface area contributed by atoms with Gasteiger partial charge in [0.1, 0.15) is 5.75 Å². The number of methoxy groups -OCH3 is 1. The summed E-state index contributed by atoms with van der Waals surface area (Å²) < 4.78 is 5.34. The monoisotopic (exact) mass is 397 g/mol. The molecule has 2 N–H and O–H groups in total. The van der Waals surface area contributed by atoms with Gasteiger partial charge in [-0.25, -0.2) is 0 Å². The van der Waals surface area contributed by atoms with Crippen molar-refractivity contribution < 1.29 is 19.4 Å². The third-order valence-corrected chi connectivity index (χ3v) is 5.36. The average molecular weight is 397 g/mol. The van der Waals surface area contributed by atoms with Crippen LogP contribution in [-0.4, -0.2) is 59.7 Å². The highest BCUT2D eigenvalue weighted by molar-refractivity contribution is 5.94. The summed E-state index contributed by atoms with van der Waals surface area (Å²) in [7, 11) is 1.62. The van der Waals surface area contributed by atoms with Gasteiger partial charge in [-0.2, -0.15) is 0 Å². The Labute approximate surface area is 170 Å². The quantitative estimate of drug-likeness (QED) is 0.741. The van der Waals surface area contributed by atoms with Gasteiger partial charge >= 0.3 is 0 Å². The molecular formula is C22H27N3O4. The molecule has 2 amide bonds. The van der Waals surface area contributed by atoms with Crippen LogP contribution in [0.4, 0.5) is 0 Å². The van der Waals surface area contributed by atoms with Crippen LogP contribution in [0.5, 0.6) is 5.75 Å². The van der Waals surface area contributed by atoms with Gasteiger partial charge in [0.25, 0.3) is 5.91 Å². The molecule has 0 bridgehead atoms. The van der Waals surface area contributed by atoms with Crippen LogP contribution >= 0.6 is 0 Å². The molecule has 0 unspecified atom stereocenters. The number of benzene rings is 1. The lowest BCUT2D eigenvalue weighted by Crippen LogP contribution is -2.53. The zero-order chi connectivity index (χ0) is 20.6. The number of piperidine rings is 1. The van der Waals surface area contributed by atoms with E-state index in [0.717, 1.165) is 11.3 Å². The molecule has 1 aromatic heterocycles. The highest BCUT2D eigenvalue weighted by atomic mass is 16.5. The Morgan fingerprint density at radius 1 is 1.28 bits per heavy atom. The first-order chi connectivity index (χ1) is 14.1. The minimum atomic E-state index is -0.211. The minimum absolute atomic E-state index is 0.0476. The fraction of sp³-hybridized carbons (Fsp3) is 0.409. The lowest BCUT2D eigenvalue weighted by Gasteiger charge is -2.38. The molecular weight excluding hydrogens is 370 g/mol. The maximum Gasteiger partial charge on any atom is 0.253 e. The van der Waals surface area contributed by atoms with E-state index in [0.29, 0.717) is 37.9 Å². The number of nitrogens with one attached hydrogen (secondary N) is 1. The van der Waals surface area contributed by atoms with E-state index in [4.69, 9.17) is 4.74 Å². The number of amides is 2. The summed E-state index contributed by atoms with van der Waals surface area (Å²) in [4.78, 5) is 30.8. The summed E-state index contributed by atoms with van der Waals surface area (Å²) in [5.74, 6) is 0.425. The first-order valence-electron chi connectivity index (χ1n) is 9.83. The van der Waals surface area contributed by atoms with Crippen LogP contribution < -0.4 is 10.1 Å². The third kappa shape index (κ3) is 5.32. The highest BCUT2D eigenvalue weighted by Gasteiger charge is 2.32. The Kier molecular flexibility index (Phi) is 7.19. The van der Waals surface area contributed by atoms with Crippen LogP contribution in [0.3, 0.4) is 0 Å². The number of carbonyl (C=O) groups is 2. The molecule has 1 fully saturated rings. The van der Waals surface area contributed by atoms with Crippen LogP contribution in [0.25, 0.3) is 0 Å². The van der Waals surface area contributed by atoms with Crippen molar-refractivity contribution in [2.45, 2.75) is 25.3 Å². The van der Waals surface area contributed by atoms with Crippen molar-refractivity contribution in [2.24, 2.45) is 5.92 Å². The molecule has 2 atom stereocenters. The average Bonchev–Trinajstić information content (AvgIpc) is 2.78. The lowest BCUT2D eigenvalue weighted by atomic mass is 9.92. The molecule has 154 valence electrons. The second-order valence-corrected chi connectivity index (χ2v) is 7.20. The van der Waals surface area contributed by atoms with Crippen molar-refractivity contribution in [2.75, 3.05) is 26.8 Å². The number of hydrogen-bond acceptors (Lipinski definition) is 5. The van der Waals surface area contributed by atoms with E-state index in [1.165, 1.54) is 6.20 Å². The van der Waals surface area contributed by atoms with E-state index >= 15 is 0 Å². The number of aliphatic hydroxyl groups is 1. The lowest BCUT2D eigenvalue weighted by molar-refractivity contribution is -0.133. The largest absolute Gasteiger partial charge is 0.496 e. The number of ether oxygens (including phenoxy) is 1. The van der Waals surface area contributed by atoms with Gasteiger partial charge in [0.15, 0.2) is 0 Å². The van der Waals surface area contributed by atoms with Gasteiger partial charge in [0, 0.05) is 50.5 Å². The summed E-state index contributed by atoms with van der Waals surface area (Å²) >= 11 is 0. The molecule has 0 aliphatic carbocycles. The van der Waals surface area contributed by atoms with Crippen molar-refractivity contribution in [3.63, 3.8) is 0 Å². The maximum absolute atomic E-state index is 12.7. The van der Waals surface area contributed by atoms with Crippen LogP contribution in [-0.2, 0) is 11.2 Å². The highest BCUT2D eigenvalue weighted by Crippen LogP contribution is 2.22. The number of nitrogens with zero attached hydrogens (tertiary/aromatic N) is 2. The Hall–Kier alpha value is -2.93. The van der Waals surface area contributed by atoms with Gasteiger partial charge in [-0.3, -0.25) is 14.6 Å². The van der Waals surface area contributed by atoms with Gasteiger partial charge < -0.3 is 20.1 Å². The summed E-state index contributed by atoms with van der Waals surface area (Å²) in [5, 5.41) is 12.8. The van der Waals surface area contributed by atoms with E-state index in [2.05, 4.69) is 10.3 Å². The van der Waals surface area contributed by atoms with Crippen molar-refractivity contribution in [1.29, 1.82) is 0 Å². The Balaban J connectivity index is 1.54. The van der Waals surface area contributed by atoms with E-state index in [-0.39, 0.29) is 30.4 Å². The molecule has 3 rings (SSSR count). The Morgan fingerprint density at radius 2 is 2.10 bits per heavy atom. The number of hydrogen-bond donors (Lipinski definition) is 2. The van der Waals surface area contributed by atoms with Crippen molar-refractivity contribution in [1.82, 2.24) is 15.2 Å². The van der Waals surface area contributed by atoms with E-state index in [9.17, 15) is 14.7 Å². The molecule has 7 nitrogen and oxygen atoms in total. The Morgan fingerprint density at radius 3 is 2.83 bits per heavy atom. The molecule has 0 saturated carbocycles. The molecule has 1 aliphatic heterocycles. The molecule has 29 heavy (non-hydrogen) atoms. The van der Waals surface area contributed by atoms with Crippen molar-refractivity contribution in [3.8, 4) is 5.75 Å². The fourth-order valence-corrected chi connectivity index (χ4v) is 3.69. The van der Waals surface area contributed by atoms with Gasteiger partial charge in [-0.05, 0) is 36.6 Å². The summed E-state index contributed by atoms with van der Waals surface area (Å²) in [6, 6.07) is 10.9. The molecule has 7 heteroatoms. The maximum atomic E-state index is 12.7. The van der Waals surface area contributed by atoms with Gasteiger partial charge in [-0.1, -0.05) is 18.2 Å². The van der Waals surface area contributed by atoms with Gasteiger partial charge in [0.05, 0.1) is 12.7 Å². The standard InChI is InChI=1S/C22H27N3O4/c1-29-20-7-3-2-5-16(20)8-9-21(27)25-12-10-19(18(14-25)15-26)24-22(28)17-6-4-11-23-13-17/h2-7,11,13,18-19,26H,8-10,12,14-15H2,1H3,(H,24,28)/t18-,19-/m1/s1. The van der Waals surface area contributed by atoms with Crippen molar-refractivity contribution >= 4 is 11.8 Å². The zero-order valence-corrected chi connectivity index (χ0v) is 16.6. The summed E-state index contributed by atoms with van der Waals surface area (Å²) in [6.07, 6.45) is 4.72. The molecule has 0 radical (unpaired) electrons. The molecule has 1 saturated heterocycles. The molecule has 1 aromatic carbocycles. The molecule has 0 spiro atoms. The van der Waals surface area contributed by atoms with Gasteiger partial charge in [-0.15, -0.1) is 0 Å². The number of aliphatic hydroxyl groups excluding tert-OH is 1. The van der Waals surface area contributed by atoms with Crippen LogP contribution in [0.1, 0.15) is 28.8 Å². The number of rotatable bonds is 7. The predicted molar refractivity (Wildman–Crippen MR) is 109 cm³/mol. The number of aryl methyl sites for hydroxylation is 1. The topological polar surface area (TPSA) is 91.8 Å². The van der Waals surface area contributed by atoms with E-state index < -0.39 is 0 Å². The first-order valence-corrected chi connectivity index (χ1v) is 9.83. The number of likely N-dealkylation sites (tertiary alicyclic amines) is 1. The predicted octanol–water partition coefficient (Wildman–Crippen LogP) is 1.66. The second kappa shape index (κ2) is 10.0. The number of pyridine rings is 1.